The monoisotopic (exact) mass is 415 g/mol. The smallest absolute Gasteiger partial charge is 0.257 e. The summed E-state index contributed by atoms with van der Waals surface area (Å²) in [6, 6.07) is 26.6. The molecule has 6 heteroatoms. The van der Waals surface area contributed by atoms with Gasteiger partial charge in [-0.05, 0) is 47.4 Å². The first-order valence-corrected chi connectivity index (χ1v) is 10.1. The van der Waals surface area contributed by atoms with Gasteiger partial charge in [0.05, 0.1) is 12.6 Å². The number of nitrogens with one attached hydrogen (secondary N) is 2. The standard InChI is InChI=1S/C25H25N3O3/c29-24(17-21-9-5-2-6-10-21)28-27-18-22-11-13-23(14-12-22)31-19-25(30)26-16-15-20-7-3-1-4-8-20/h1-14,18H,15-17,19H2,(H,26,30)(H,28,29)/b27-18+. The van der Waals surface area contributed by atoms with Gasteiger partial charge >= 0.3 is 0 Å². The van der Waals surface area contributed by atoms with Gasteiger partial charge in [0.25, 0.3) is 5.91 Å². The molecule has 31 heavy (non-hydrogen) atoms. The Morgan fingerprint density at radius 1 is 0.806 bits per heavy atom. The van der Waals surface area contributed by atoms with Crippen molar-refractivity contribution in [3.63, 3.8) is 0 Å². The lowest BCUT2D eigenvalue weighted by Gasteiger charge is -2.08. The van der Waals surface area contributed by atoms with Gasteiger partial charge in [0.15, 0.2) is 6.61 Å². The number of rotatable bonds is 10. The Kier molecular flexibility index (Phi) is 8.37. The SMILES string of the molecule is O=C(COc1ccc(/C=N/NC(=O)Cc2ccccc2)cc1)NCCc1ccccc1. The fourth-order valence-corrected chi connectivity index (χ4v) is 2.84. The second-order valence-electron chi connectivity index (χ2n) is 6.90. The molecule has 0 fully saturated rings. The molecule has 0 aliphatic rings. The minimum atomic E-state index is -0.180. The zero-order valence-electron chi connectivity index (χ0n) is 17.2. The summed E-state index contributed by atoms with van der Waals surface area (Å²) >= 11 is 0. The maximum atomic E-state index is 11.9. The molecule has 3 aromatic carbocycles. The molecule has 3 rings (SSSR count). The molecule has 6 nitrogen and oxygen atoms in total. The van der Waals surface area contributed by atoms with Gasteiger partial charge in [0.2, 0.25) is 5.91 Å². The Bertz CT molecular complexity index is 988. The zero-order valence-corrected chi connectivity index (χ0v) is 17.2. The number of amides is 2. The van der Waals surface area contributed by atoms with Crippen LogP contribution in [0.25, 0.3) is 0 Å². The molecule has 3 aromatic rings. The van der Waals surface area contributed by atoms with Crippen LogP contribution < -0.4 is 15.5 Å². The molecule has 0 aliphatic carbocycles. The van der Waals surface area contributed by atoms with E-state index in [0.717, 1.165) is 17.5 Å². The van der Waals surface area contributed by atoms with Crippen LogP contribution in [0.5, 0.6) is 5.75 Å². The van der Waals surface area contributed by atoms with Crippen molar-refractivity contribution in [2.45, 2.75) is 12.8 Å². The van der Waals surface area contributed by atoms with E-state index in [9.17, 15) is 9.59 Å². The largest absolute Gasteiger partial charge is 0.484 e. The van der Waals surface area contributed by atoms with Crippen LogP contribution in [-0.2, 0) is 22.4 Å². The number of hydrogen-bond donors (Lipinski definition) is 2. The van der Waals surface area contributed by atoms with Gasteiger partial charge in [-0.2, -0.15) is 5.10 Å². The van der Waals surface area contributed by atoms with Crippen LogP contribution in [0.2, 0.25) is 0 Å². The van der Waals surface area contributed by atoms with Crippen LogP contribution >= 0.6 is 0 Å². The normalized spacial score (nSPS) is 10.6. The quantitative estimate of drug-likeness (QED) is 0.394. The minimum absolute atomic E-state index is 0.0439. The van der Waals surface area contributed by atoms with Crippen LogP contribution in [0.15, 0.2) is 90.0 Å². The predicted molar refractivity (Wildman–Crippen MR) is 121 cm³/mol. The Morgan fingerprint density at radius 2 is 1.45 bits per heavy atom. The van der Waals surface area contributed by atoms with E-state index in [2.05, 4.69) is 15.8 Å². The summed E-state index contributed by atoms with van der Waals surface area (Å²) in [5.41, 5.74) is 5.43. The van der Waals surface area contributed by atoms with Gasteiger partial charge in [-0.1, -0.05) is 60.7 Å². The molecule has 158 valence electrons. The molecular formula is C25H25N3O3. The van der Waals surface area contributed by atoms with Gasteiger partial charge < -0.3 is 10.1 Å². The van der Waals surface area contributed by atoms with E-state index >= 15 is 0 Å². The Hall–Kier alpha value is -3.93. The second kappa shape index (κ2) is 11.9. The molecule has 0 aliphatic heterocycles. The lowest BCUT2D eigenvalue weighted by atomic mass is 10.1. The molecule has 0 radical (unpaired) electrons. The molecule has 2 amide bonds. The van der Waals surface area contributed by atoms with E-state index in [1.165, 1.54) is 5.56 Å². The molecule has 0 saturated heterocycles. The summed E-state index contributed by atoms with van der Waals surface area (Å²) in [6.45, 7) is 0.523. The highest BCUT2D eigenvalue weighted by Crippen LogP contribution is 2.11. The van der Waals surface area contributed by atoms with Crippen molar-refractivity contribution >= 4 is 18.0 Å². The average molecular weight is 415 g/mol. The third kappa shape index (κ3) is 8.14. The summed E-state index contributed by atoms with van der Waals surface area (Å²) < 4.78 is 5.51. The summed E-state index contributed by atoms with van der Waals surface area (Å²) in [6.07, 6.45) is 2.61. The van der Waals surface area contributed by atoms with Gasteiger partial charge in [-0.15, -0.1) is 0 Å². The third-order valence-electron chi connectivity index (χ3n) is 4.44. The maximum absolute atomic E-state index is 11.9. The molecule has 0 aromatic heterocycles. The highest BCUT2D eigenvalue weighted by atomic mass is 16.5. The number of nitrogens with zero attached hydrogens (tertiary/aromatic N) is 1. The maximum Gasteiger partial charge on any atom is 0.257 e. The number of hydrazone groups is 1. The van der Waals surface area contributed by atoms with Gasteiger partial charge in [0.1, 0.15) is 5.75 Å². The van der Waals surface area contributed by atoms with Crippen molar-refractivity contribution < 1.29 is 14.3 Å². The molecular weight excluding hydrogens is 390 g/mol. The summed E-state index contributed by atoms with van der Waals surface area (Å²) in [5.74, 6) is 0.242. The number of ether oxygens (including phenoxy) is 1. The Labute approximate surface area is 182 Å². The summed E-state index contributed by atoms with van der Waals surface area (Å²) in [4.78, 5) is 23.8. The first kappa shape index (κ1) is 21.8. The van der Waals surface area contributed by atoms with Crippen LogP contribution in [0, 0.1) is 0 Å². The summed E-state index contributed by atoms with van der Waals surface area (Å²) in [7, 11) is 0. The molecule has 0 unspecified atom stereocenters. The van der Waals surface area contributed by atoms with Crippen molar-refractivity contribution in [1.82, 2.24) is 10.7 Å². The van der Waals surface area contributed by atoms with Crippen LogP contribution in [0.3, 0.4) is 0 Å². The van der Waals surface area contributed by atoms with Crippen molar-refractivity contribution in [3.8, 4) is 5.75 Å². The molecule has 0 bridgehead atoms. The van der Waals surface area contributed by atoms with Crippen molar-refractivity contribution in [2.75, 3.05) is 13.2 Å². The number of benzene rings is 3. The average Bonchev–Trinajstić information content (AvgIpc) is 2.80. The lowest BCUT2D eigenvalue weighted by molar-refractivity contribution is -0.123. The summed E-state index contributed by atoms with van der Waals surface area (Å²) in [5, 5.41) is 6.81. The third-order valence-corrected chi connectivity index (χ3v) is 4.44. The van der Waals surface area contributed by atoms with E-state index < -0.39 is 0 Å². The molecule has 0 saturated carbocycles. The second-order valence-corrected chi connectivity index (χ2v) is 6.90. The highest BCUT2D eigenvalue weighted by molar-refractivity contribution is 5.83. The fraction of sp³-hybridized carbons (Fsp3) is 0.160. The molecule has 0 heterocycles. The van der Waals surface area contributed by atoms with Gasteiger partial charge in [0, 0.05) is 6.54 Å². The van der Waals surface area contributed by atoms with Crippen molar-refractivity contribution in [1.29, 1.82) is 0 Å². The molecule has 2 N–H and O–H groups in total. The van der Waals surface area contributed by atoms with Crippen LogP contribution in [0.4, 0.5) is 0 Å². The van der Waals surface area contributed by atoms with Crippen molar-refractivity contribution in [2.24, 2.45) is 5.10 Å². The van der Waals surface area contributed by atoms with E-state index in [4.69, 9.17) is 4.74 Å². The zero-order chi connectivity index (χ0) is 21.7. The lowest BCUT2D eigenvalue weighted by Crippen LogP contribution is -2.30. The Morgan fingerprint density at radius 3 is 2.13 bits per heavy atom. The van der Waals surface area contributed by atoms with Crippen LogP contribution in [-0.4, -0.2) is 31.2 Å². The first-order valence-electron chi connectivity index (χ1n) is 10.1. The number of carbonyl (C=O) groups is 2. The van der Waals surface area contributed by atoms with E-state index in [-0.39, 0.29) is 24.8 Å². The highest BCUT2D eigenvalue weighted by Gasteiger charge is 2.03. The number of hydrogen-bond acceptors (Lipinski definition) is 4. The van der Waals surface area contributed by atoms with Gasteiger partial charge in [-0.3, -0.25) is 9.59 Å². The van der Waals surface area contributed by atoms with Crippen LogP contribution in [0.1, 0.15) is 16.7 Å². The van der Waals surface area contributed by atoms with Gasteiger partial charge in [-0.25, -0.2) is 5.43 Å². The first-order chi connectivity index (χ1) is 15.2. The molecule has 0 atom stereocenters. The Balaban J connectivity index is 1.35. The predicted octanol–water partition coefficient (Wildman–Crippen LogP) is 3.12. The fourth-order valence-electron chi connectivity index (χ4n) is 2.84. The van der Waals surface area contributed by atoms with E-state index in [0.29, 0.717) is 12.3 Å². The van der Waals surface area contributed by atoms with E-state index in [1.54, 1.807) is 30.5 Å². The topological polar surface area (TPSA) is 79.8 Å². The van der Waals surface area contributed by atoms with E-state index in [1.807, 2.05) is 60.7 Å². The van der Waals surface area contributed by atoms with Crippen molar-refractivity contribution in [3.05, 3.63) is 102 Å². The molecule has 0 spiro atoms. The minimum Gasteiger partial charge on any atom is -0.484 e. The number of carbonyl (C=O) groups excluding carboxylic acids is 2.